The zero-order valence-corrected chi connectivity index (χ0v) is 21.8. The van der Waals surface area contributed by atoms with Crippen LogP contribution in [0.5, 0.6) is 0 Å². The van der Waals surface area contributed by atoms with Crippen LogP contribution in [0.3, 0.4) is 0 Å². The van der Waals surface area contributed by atoms with E-state index in [2.05, 4.69) is 15.0 Å². The Morgan fingerprint density at radius 3 is 2.59 bits per heavy atom. The van der Waals surface area contributed by atoms with E-state index in [4.69, 9.17) is 31.9 Å². The topological polar surface area (TPSA) is 141 Å². The molecule has 3 N–H and O–H groups in total. The second-order valence-electron chi connectivity index (χ2n) is 10.0. The van der Waals surface area contributed by atoms with Crippen LogP contribution in [-0.4, -0.2) is 67.5 Å². The molecular formula is C25H28ClN7O4. The first-order valence-electron chi connectivity index (χ1n) is 11.9. The van der Waals surface area contributed by atoms with Crippen molar-refractivity contribution in [1.29, 1.82) is 0 Å². The Balaban J connectivity index is 1.51. The number of hydrogen-bond acceptors (Lipinski definition) is 8. The summed E-state index contributed by atoms with van der Waals surface area (Å²) in [5.74, 6) is -0.165. The minimum Gasteiger partial charge on any atom is -0.465 e. The molecule has 4 heterocycles. The van der Waals surface area contributed by atoms with Crippen LogP contribution in [0, 0.1) is 0 Å². The van der Waals surface area contributed by atoms with E-state index in [9.17, 15) is 9.59 Å². The number of methoxy groups -OCH3 is 1. The predicted molar refractivity (Wildman–Crippen MR) is 139 cm³/mol. The van der Waals surface area contributed by atoms with Crippen molar-refractivity contribution in [2.75, 3.05) is 25.9 Å². The van der Waals surface area contributed by atoms with Gasteiger partial charge in [-0.2, -0.15) is 5.10 Å². The number of nitrogens with zero attached hydrogens (tertiary/aromatic N) is 5. The van der Waals surface area contributed by atoms with E-state index in [1.807, 2.05) is 25.5 Å². The summed E-state index contributed by atoms with van der Waals surface area (Å²) in [6.45, 7) is 6.61. The lowest BCUT2D eigenvalue weighted by atomic mass is 10.1. The van der Waals surface area contributed by atoms with Crippen LogP contribution in [0.4, 0.5) is 10.6 Å². The Labute approximate surface area is 217 Å². The van der Waals surface area contributed by atoms with Crippen LogP contribution in [0.2, 0.25) is 5.02 Å². The molecule has 0 aliphatic carbocycles. The highest BCUT2D eigenvalue weighted by atomic mass is 35.5. The number of hydrogen-bond donors (Lipinski definition) is 2. The van der Waals surface area contributed by atoms with Gasteiger partial charge in [0.2, 0.25) is 0 Å². The molecule has 1 aromatic carbocycles. The molecule has 1 aliphatic rings. The van der Waals surface area contributed by atoms with E-state index < -0.39 is 11.6 Å². The highest BCUT2D eigenvalue weighted by Crippen LogP contribution is 2.40. The molecule has 0 atom stereocenters. The highest BCUT2D eigenvalue weighted by molar-refractivity contribution is 6.38. The molecule has 5 rings (SSSR count). The third kappa shape index (κ3) is 4.55. The highest BCUT2D eigenvalue weighted by Gasteiger charge is 2.31. The largest absolute Gasteiger partial charge is 0.465 e. The molecule has 1 fully saturated rings. The molecule has 3 aromatic heterocycles. The lowest BCUT2D eigenvalue weighted by molar-refractivity contribution is 0.0186. The Kier molecular flexibility index (Phi) is 6.18. The van der Waals surface area contributed by atoms with Gasteiger partial charge in [0.05, 0.1) is 34.8 Å². The van der Waals surface area contributed by atoms with Crippen LogP contribution in [0.15, 0.2) is 24.5 Å². The summed E-state index contributed by atoms with van der Waals surface area (Å²) in [7, 11) is 1.33. The number of nitrogens with one attached hydrogen (secondary N) is 1. The third-order valence-corrected chi connectivity index (χ3v) is 6.77. The van der Waals surface area contributed by atoms with Crippen molar-refractivity contribution in [2.45, 2.75) is 45.3 Å². The first kappa shape index (κ1) is 24.8. The number of likely N-dealkylation sites (tertiary alicyclic amines) is 1. The van der Waals surface area contributed by atoms with E-state index >= 15 is 0 Å². The molecule has 0 radical (unpaired) electrons. The third-order valence-electron chi connectivity index (χ3n) is 6.37. The number of aromatic nitrogens is 5. The Bertz CT molecular complexity index is 1510. The second kappa shape index (κ2) is 9.22. The number of carbonyl (C=O) groups excluding carboxylic acids is 2. The van der Waals surface area contributed by atoms with Crippen LogP contribution < -0.4 is 5.73 Å². The fraction of sp³-hybridized carbons (Fsp3) is 0.400. The molecule has 1 aliphatic heterocycles. The number of fused-ring (bicyclic) bond motifs is 2. The van der Waals surface area contributed by atoms with Gasteiger partial charge in [0.25, 0.3) is 0 Å². The fourth-order valence-corrected chi connectivity index (χ4v) is 4.92. The standard InChI is InChI=1S/C25H28ClN7O4/c1-25(2,3)37-24(35)32-9-7-14(8-10-32)33-22-17(21(27)28-12-29-22)19(31-33)20-18(26)15-6-5-13(23(34)36-4)11-16(15)30-20/h5-6,11-12,14,30H,7-10H2,1-4H3,(H2,27,28,29). The quantitative estimate of drug-likeness (QED) is 0.370. The molecule has 0 saturated carbocycles. The number of rotatable bonds is 3. The summed E-state index contributed by atoms with van der Waals surface area (Å²) in [6, 6.07) is 5.08. The smallest absolute Gasteiger partial charge is 0.410 e. The summed E-state index contributed by atoms with van der Waals surface area (Å²) in [5, 5.41) is 6.65. The van der Waals surface area contributed by atoms with E-state index in [1.165, 1.54) is 13.4 Å². The zero-order valence-electron chi connectivity index (χ0n) is 21.0. The van der Waals surface area contributed by atoms with Gasteiger partial charge in [-0.15, -0.1) is 0 Å². The normalized spacial score (nSPS) is 14.9. The number of amides is 1. The lowest BCUT2D eigenvalue weighted by Crippen LogP contribution is -2.42. The van der Waals surface area contributed by atoms with Crippen molar-refractivity contribution < 1.29 is 19.1 Å². The summed E-state index contributed by atoms with van der Waals surface area (Å²) in [5.41, 5.74) is 8.45. The minimum atomic E-state index is -0.550. The number of nitrogens with two attached hydrogens (primary N) is 1. The Hall–Kier alpha value is -3.86. The Morgan fingerprint density at radius 2 is 1.92 bits per heavy atom. The fourth-order valence-electron chi connectivity index (χ4n) is 4.62. The number of esters is 1. The van der Waals surface area contributed by atoms with Crippen molar-refractivity contribution in [1.82, 2.24) is 29.6 Å². The molecule has 11 nitrogen and oxygen atoms in total. The zero-order chi connectivity index (χ0) is 26.5. The predicted octanol–water partition coefficient (Wildman–Crippen LogP) is 4.57. The average molecular weight is 526 g/mol. The van der Waals surface area contributed by atoms with E-state index in [-0.39, 0.29) is 18.0 Å². The number of halogens is 1. The van der Waals surface area contributed by atoms with Gasteiger partial charge < -0.3 is 25.1 Å². The number of carbonyl (C=O) groups is 2. The maximum absolute atomic E-state index is 12.5. The van der Waals surface area contributed by atoms with Gasteiger partial charge in [0.1, 0.15) is 23.4 Å². The van der Waals surface area contributed by atoms with E-state index in [1.54, 1.807) is 23.1 Å². The van der Waals surface area contributed by atoms with Crippen LogP contribution in [0.25, 0.3) is 33.3 Å². The summed E-state index contributed by atoms with van der Waals surface area (Å²) < 4.78 is 12.2. The van der Waals surface area contributed by atoms with E-state index in [0.717, 1.165) is 5.39 Å². The first-order chi connectivity index (χ1) is 17.6. The number of aromatic amines is 1. The number of ether oxygens (including phenoxy) is 2. The second-order valence-corrected chi connectivity index (χ2v) is 10.4. The van der Waals surface area contributed by atoms with Crippen LogP contribution in [0.1, 0.15) is 50.0 Å². The maximum Gasteiger partial charge on any atom is 0.410 e. The maximum atomic E-state index is 12.5. The summed E-state index contributed by atoms with van der Waals surface area (Å²) >= 11 is 6.78. The number of benzene rings is 1. The number of H-pyrrole nitrogens is 1. The molecule has 0 bridgehead atoms. The average Bonchev–Trinajstić information content (AvgIpc) is 3.41. The van der Waals surface area contributed by atoms with Gasteiger partial charge >= 0.3 is 12.1 Å². The molecule has 12 heteroatoms. The molecule has 0 unspecified atom stereocenters. The first-order valence-corrected chi connectivity index (χ1v) is 12.3. The Morgan fingerprint density at radius 1 is 1.19 bits per heavy atom. The van der Waals surface area contributed by atoms with Gasteiger partial charge in [-0.05, 0) is 45.7 Å². The molecule has 37 heavy (non-hydrogen) atoms. The van der Waals surface area contributed by atoms with Crippen molar-refractivity contribution in [3.05, 3.63) is 35.1 Å². The van der Waals surface area contributed by atoms with Crippen molar-refractivity contribution in [3.8, 4) is 11.4 Å². The van der Waals surface area contributed by atoms with Gasteiger partial charge in [0.15, 0.2) is 5.65 Å². The SMILES string of the molecule is COC(=O)c1ccc2c(Cl)c(-c3nn(C4CCN(C(=O)OC(C)(C)C)CC4)c4ncnc(N)c34)[nH]c2c1. The van der Waals surface area contributed by atoms with Gasteiger partial charge in [0, 0.05) is 24.0 Å². The van der Waals surface area contributed by atoms with Gasteiger partial charge in [-0.1, -0.05) is 17.7 Å². The molecule has 1 saturated heterocycles. The molecule has 194 valence electrons. The summed E-state index contributed by atoms with van der Waals surface area (Å²) in [4.78, 5) is 38.2. The van der Waals surface area contributed by atoms with Crippen molar-refractivity contribution in [3.63, 3.8) is 0 Å². The van der Waals surface area contributed by atoms with Crippen LogP contribution >= 0.6 is 11.6 Å². The number of piperidine rings is 1. The summed E-state index contributed by atoms with van der Waals surface area (Å²) in [6.07, 6.45) is 2.43. The van der Waals surface area contributed by atoms with E-state index in [0.29, 0.717) is 64.5 Å². The molecule has 4 aromatic rings. The van der Waals surface area contributed by atoms with Gasteiger partial charge in [-0.25, -0.2) is 24.2 Å². The monoisotopic (exact) mass is 525 g/mol. The lowest BCUT2D eigenvalue weighted by Gasteiger charge is -2.33. The number of nitrogen functional groups attached to an aromatic ring is 1. The van der Waals surface area contributed by atoms with Crippen molar-refractivity contribution in [2.24, 2.45) is 0 Å². The number of anilines is 1. The van der Waals surface area contributed by atoms with Crippen LogP contribution in [-0.2, 0) is 9.47 Å². The minimum absolute atomic E-state index is 0.0154. The van der Waals surface area contributed by atoms with Crippen molar-refractivity contribution >= 4 is 51.4 Å². The molecular weight excluding hydrogens is 498 g/mol. The molecule has 1 amide bonds. The molecule has 0 spiro atoms. The van der Waals surface area contributed by atoms with Gasteiger partial charge in [-0.3, -0.25) is 0 Å².